The van der Waals surface area contributed by atoms with Gasteiger partial charge in [-0.3, -0.25) is 9.58 Å². The highest BCUT2D eigenvalue weighted by Crippen LogP contribution is 2.18. The van der Waals surface area contributed by atoms with E-state index in [1.54, 1.807) is 0 Å². The van der Waals surface area contributed by atoms with Crippen LogP contribution in [0.3, 0.4) is 0 Å². The number of hydrogen-bond acceptors (Lipinski definition) is 3. The molecule has 0 spiro atoms. The summed E-state index contributed by atoms with van der Waals surface area (Å²) in [6.45, 7) is 8.94. The maximum atomic E-state index is 9.22. The molecule has 16 heavy (non-hydrogen) atoms. The summed E-state index contributed by atoms with van der Waals surface area (Å²) in [7, 11) is 0. The SMILES string of the molecule is CCCn1cc(C(C#N)N(CC)CC)cn1. The first-order chi connectivity index (χ1) is 7.76. The van der Waals surface area contributed by atoms with Crippen LogP contribution in [-0.4, -0.2) is 27.8 Å². The Kier molecular flexibility index (Phi) is 5.00. The fraction of sp³-hybridized carbons (Fsp3) is 0.667. The Hall–Kier alpha value is -1.34. The van der Waals surface area contributed by atoms with Crippen LogP contribution in [0.15, 0.2) is 12.4 Å². The minimum absolute atomic E-state index is 0.166. The molecule has 1 atom stereocenters. The van der Waals surface area contributed by atoms with Crippen molar-refractivity contribution in [3.8, 4) is 6.07 Å². The average Bonchev–Trinajstić information content (AvgIpc) is 2.74. The van der Waals surface area contributed by atoms with Crippen LogP contribution < -0.4 is 0 Å². The van der Waals surface area contributed by atoms with Gasteiger partial charge in [-0.25, -0.2) is 0 Å². The van der Waals surface area contributed by atoms with E-state index in [2.05, 4.69) is 36.8 Å². The molecule has 88 valence electrons. The summed E-state index contributed by atoms with van der Waals surface area (Å²) in [5.74, 6) is 0. The fourth-order valence-corrected chi connectivity index (χ4v) is 1.83. The van der Waals surface area contributed by atoms with Gasteiger partial charge in [0.2, 0.25) is 0 Å². The van der Waals surface area contributed by atoms with E-state index in [4.69, 9.17) is 0 Å². The first-order valence-corrected chi connectivity index (χ1v) is 5.92. The third kappa shape index (κ3) is 2.83. The number of rotatable bonds is 6. The van der Waals surface area contributed by atoms with Crippen molar-refractivity contribution in [1.82, 2.24) is 14.7 Å². The van der Waals surface area contributed by atoms with E-state index in [-0.39, 0.29) is 6.04 Å². The summed E-state index contributed by atoms with van der Waals surface area (Å²) in [6, 6.07) is 2.18. The van der Waals surface area contributed by atoms with E-state index in [9.17, 15) is 5.26 Å². The van der Waals surface area contributed by atoms with Gasteiger partial charge < -0.3 is 0 Å². The standard InChI is InChI=1S/C12H20N4/c1-4-7-16-10-11(9-14-16)12(8-13)15(5-2)6-3/h9-10,12H,4-7H2,1-3H3. The lowest BCUT2D eigenvalue weighted by Crippen LogP contribution is -2.27. The van der Waals surface area contributed by atoms with Gasteiger partial charge in [-0.2, -0.15) is 10.4 Å². The molecule has 4 heteroatoms. The van der Waals surface area contributed by atoms with Crippen LogP contribution in [0.2, 0.25) is 0 Å². The van der Waals surface area contributed by atoms with Crippen molar-refractivity contribution < 1.29 is 0 Å². The van der Waals surface area contributed by atoms with Crippen LogP contribution in [0.25, 0.3) is 0 Å². The van der Waals surface area contributed by atoms with E-state index in [1.165, 1.54) is 0 Å². The maximum Gasteiger partial charge on any atom is 0.126 e. The van der Waals surface area contributed by atoms with Gasteiger partial charge in [-0.05, 0) is 19.5 Å². The normalized spacial score (nSPS) is 12.7. The van der Waals surface area contributed by atoms with E-state index in [1.807, 2.05) is 17.1 Å². The molecule has 0 saturated carbocycles. The number of aryl methyl sites for hydroxylation is 1. The minimum Gasteiger partial charge on any atom is -0.285 e. The Morgan fingerprint density at radius 1 is 1.44 bits per heavy atom. The molecule has 1 unspecified atom stereocenters. The lowest BCUT2D eigenvalue weighted by Gasteiger charge is -2.22. The molecule has 0 radical (unpaired) electrons. The number of nitriles is 1. The van der Waals surface area contributed by atoms with E-state index >= 15 is 0 Å². The smallest absolute Gasteiger partial charge is 0.126 e. The summed E-state index contributed by atoms with van der Waals surface area (Å²) in [6.07, 6.45) is 4.85. The third-order valence-corrected chi connectivity index (χ3v) is 2.72. The Morgan fingerprint density at radius 2 is 2.12 bits per heavy atom. The molecule has 0 aliphatic heterocycles. The predicted octanol–water partition coefficient (Wildman–Crippen LogP) is 2.20. The van der Waals surface area contributed by atoms with Crippen molar-refractivity contribution in [2.45, 2.75) is 39.8 Å². The van der Waals surface area contributed by atoms with Crippen LogP contribution in [0, 0.1) is 11.3 Å². The molecule has 0 aromatic carbocycles. The highest BCUT2D eigenvalue weighted by molar-refractivity contribution is 5.18. The van der Waals surface area contributed by atoms with Crippen LogP contribution in [-0.2, 0) is 6.54 Å². The van der Waals surface area contributed by atoms with Crippen LogP contribution in [0.4, 0.5) is 0 Å². The molecule has 1 aromatic rings. The lowest BCUT2D eigenvalue weighted by atomic mass is 10.1. The second kappa shape index (κ2) is 6.29. The molecule has 0 aliphatic carbocycles. The zero-order valence-electron chi connectivity index (χ0n) is 10.3. The van der Waals surface area contributed by atoms with Crippen molar-refractivity contribution in [3.63, 3.8) is 0 Å². The largest absolute Gasteiger partial charge is 0.285 e. The molecule has 1 aromatic heterocycles. The molecule has 0 fully saturated rings. The minimum atomic E-state index is -0.166. The maximum absolute atomic E-state index is 9.22. The fourth-order valence-electron chi connectivity index (χ4n) is 1.83. The highest BCUT2D eigenvalue weighted by Gasteiger charge is 2.18. The first-order valence-electron chi connectivity index (χ1n) is 5.92. The van der Waals surface area contributed by atoms with Crippen LogP contribution in [0.5, 0.6) is 0 Å². The van der Waals surface area contributed by atoms with Crippen LogP contribution in [0.1, 0.15) is 38.8 Å². The molecule has 1 rings (SSSR count). The first kappa shape index (κ1) is 12.7. The number of nitrogens with zero attached hydrogens (tertiary/aromatic N) is 4. The number of hydrogen-bond donors (Lipinski definition) is 0. The Bertz CT molecular complexity index is 346. The van der Waals surface area contributed by atoms with Gasteiger partial charge in [-0.15, -0.1) is 0 Å². The van der Waals surface area contributed by atoms with Crippen molar-refractivity contribution in [2.24, 2.45) is 0 Å². The molecular formula is C12H20N4. The van der Waals surface area contributed by atoms with Crippen molar-refractivity contribution in [3.05, 3.63) is 18.0 Å². The van der Waals surface area contributed by atoms with Gasteiger partial charge in [0.1, 0.15) is 6.04 Å². The highest BCUT2D eigenvalue weighted by atomic mass is 15.3. The Labute approximate surface area is 97.5 Å². The summed E-state index contributed by atoms with van der Waals surface area (Å²) in [5, 5.41) is 13.5. The second-order valence-corrected chi connectivity index (χ2v) is 3.79. The molecule has 0 amide bonds. The van der Waals surface area contributed by atoms with Crippen LogP contribution >= 0.6 is 0 Å². The second-order valence-electron chi connectivity index (χ2n) is 3.79. The molecular weight excluding hydrogens is 200 g/mol. The van der Waals surface area contributed by atoms with Gasteiger partial charge in [0.15, 0.2) is 0 Å². The monoisotopic (exact) mass is 220 g/mol. The van der Waals surface area contributed by atoms with E-state index < -0.39 is 0 Å². The molecule has 0 saturated heterocycles. The Balaban J connectivity index is 2.82. The zero-order chi connectivity index (χ0) is 12.0. The summed E-state index contributed by atoms with van der Waals surface area (Å²) >= 11 is 0. The molecule has 0 N–H and O–H groups in total. The zero-order valence-corrected chi connectivity index (χ0v) is 10.3. The van der Waals surface area contributed by atoms with Gasteiger partial charge >= 0.3 is 0 Å². The van der Waals surface area contributed by atoms with E-state index in [0.717, 1.165) is 31.6 Å². The van der Waals surface area contributed by atoms with Gasteiger partial charge in [0.25, 0.3) is 0 Å². The molecule has 4 nitrogen and oxygen atoms in total. The van der Waals surface area contributed by atoms with Crippen molar-refractivity contribution in [1.29, 1.82) is 5.26 Å². The van der Waals surface area contributed by atoms with E-state index in [0.29, 0.717) is 0 Å². The molecule has 0 aliphatic rings. The summed E-state index contributed by atoms with van der Waals surface area (Å²) in [4.78, 5) is 2.13. The quantitative estimate of drug-likeness (QED) is 0.738. The predicted molar refractivity (Wildman–Crippen MR) is 63.8 cm³/mol. The van der Waals surface area contributed by atoms with Crippen molar-refractivity contribution >= 4 is 0 Å². The van der Waals surface area contributed by atoms with Gasteiger partial charge in [0, 0.05) is 18.3 Å². The van der Waals surface area contributed by atoms with Gasteiger partial charge in [0.05, 0.1) is 12.3 Å². The summed E-state index contributed by atoms with van der Waals surface area (Å²) in [5.41, 5.74) is 1.000. The Morgan fingerprint density at radius 3 is 2.62 bits per heavy atom. The average molecular weight is 220 g/mol. The van der Waals surface area contributed by atoms with Crippen molar-refractivity contribution in [2.75, 3.05) is 13.1 Å². The topological polar surface area (TPSA) is 44.9 Å². The van der Waals surface area contributed by atoms with Gasteiger partial charge in [-0.1, -0.05) is 20.8 Å². The number of aromatic nitrogens is 2. The lowest BCUT2D eigenvalue weighted by molar-refractivity contribution is 0.262. The molecule has 1 heterocycles. The summed E-state index contributed by atoms with van der Waals surface area (Å²) < 4.78 is 1.91. The third-order valence-electron chi connectivity index (χ3n) is 2.72. The molecule has 0 bridgehead atoms.